The zero-order valence-corrected chi connectivity index (χ0v) is 16.0. The summed E-state index contributed by atoms with van der Waals surface area (Å²) in [6, 6.07) is 20.4. The van der Waals surface area contributed by atoms with E-state index in [9.17, 15) is 13.5 Å². The van der Waals surface area contributed by atoms with Gasteiger partial charge in [0.15, 0.2) is 0 Å². The molecule has 1 N–H and O–H groups in total. The number of nitrogens with zero attached hydrogens (tertiary/aromatic N) is 1. The lowest BCUT2D eigenvalue weighted by Crippen LogP contribution is -2.14. The van der Waals surface area contributed by atoms with Gasteiger partial charge in [-0.2, -0.15) is 0 Å². The highest BCUT2D eigenvalue weighted by Crippen LogP contribution is 2.42. The highest BCUT2D eigenvalue weighted by atomic mass is 35.5. The van der Waals surface area contributed by atoms with Crippen molar-refractivity contribution in [2.45, 2.75) is 11.8 Å². The highest BCUT2D eigenvalue weighted by Gasteiger charge is 2.28. The Balaban J connectivity index is 2.12. The lowest BCUT2D eigenvalue weighted by Gasteiger charge is -2.12. The van der Waals surface area contributed by atoms with E-state index >= 15 is 0 Å². The molecule has 0 saturated carbocycles. The summed E-state index contributed by atoms with van der Waals surface area (Å²) in [5.74, 6) is -0.116. The van der Waals surface area contributed by atoms with Gasteiger partial charge < -0.3 is 5.11 Å². The molecular formula is C21H16ClNO3S. The molecule has 0 aliphatic heterocycles. The van der Waals surface area contributed by atoms with Crippen LogP contribution in [0.2, 0.25) is 5.02 Å². The van der Waals surface area contributed by atoms with Crippen LogP contribution in [0.25, 0.3) is 22.2 Å². The van der Waals surface area contributed by atoms with Gasteiger partial charge in [-0.3, -0.25) is 0 Å². The van der Waals surface area contributed by atoms with E-state index in [0.717, 1.165) is 5.56 Å². The fraction of sp³-hybridized carbons (Fsp3) is 0.0476. The van der Waals surface area contributed by atoms with E-state index in [0.29, 0.717) is 21.5 Å². The van der Waals surface area contributed by atoms with Crippen molar-refractivity contribution >= 4 is 32.5 Å². The molecule has 0 atom stereocenters. The SMILES string of the molecule is Cc1ccc(S(=O)(=O)n2c(-c3ccccc3)c(O)c3cc(Cl)ccc32)cc1. The first-order valence-corrected chi connectivity index (χ1v) is 10.1. The van der Waals surface area contributed by atoms with Crippen molar-refractivity contribution in [1.82, 2.24) is 3.97 Å². The second kappa shape index (κ2) is 6.44. The van der Waals surface area contributed by atoms with Gasteiger partial charge in [0.1, 0.15) is 11.4 Å². The Morgan fingerprint density at radius 1 is 0.926 bits per heavy atom. The molecule has 0 unspecified atom stereocenters. The van der Waals surface area contributed by atoms with Crippen LogP contribution in [0.5, 0.6) is 5.75 Å². The zero-order valence-electron chi connectivity index (χ0n) is 14.4. The van der Waals surface area contributed by atoms with Crippen LogP contribution in [-0.2, 0) is 10.0 Å². The van der Waals surface area contributed by atoms with Gasteiger partial charge in [-0.1, -0.05) is 59.6 Å². The first-order valence-electron chi connectivity index (χ1n) is 8.30. The smallest absolute Gasteiger partial charge is 0.268 e. The highest BCUT2D eigenvalue weighted by molar-refractivity contribution is 7.90. The zero-order chi connectivity index (χ0) is 19.2. The van der Waals surface area contributed by atoms with Gasteiger partial charge in [0.25, 0.3) is 10.0 Å². The maximum atomic E-state index is 13.5. The monoisotopic (exact) mass is 397 g/mol. The molecule has 4 aromatic rings. The van der Waals surface area contributed by atoms with E-state index in [4.69, 9.17) is 11.6 Å². The molecule has 4 rings (SSSR count). The Kier molecular flexibility index (Phi) is 4.21. The second-order valence-corrected chi connectivity index (χ2v) is 8.53. The third-order valence-corrected chi connectivity index (χ3v) is 6.43. The fourth-order valence-corrected chi connectivity index (χ4v) is 4.85. The first-order chi connectivity index (χ1) is 12.9. The lowest BCUT2D eigenvalue weighted by atomic mass is 10.1. The number of aryl methyl sites for hydroxylation is 1. The van der Waals surface area contributed by atoms with Crippen molar-refractivity contribution < 1.29 is 13.5 Å². The van der Waals surface area contributed by atoms with Crippen LogP contribution in [0.15, 0.2) is 77.7 Å². The van der Waals surface area contributed by atoms with Gasteiger partial charge in [-0.15, -0.1) is 0 Å². The number of rotatable bonds is 3. The van der Waals surface area contributed by atoms with Crippen LogP contribution in [0.3, 0.4) is 0 Å². The molecule has 0 bridgehead atoms. The normalized spacial score (nSPS) is 11.8. The summed E-state index contributed by atoms with van der Waals surface area (Å²) in [5, 5.41) is 11.7. The summed E-state index contributed by atoms with van der Waals surface area (Å²) in [5.41, 5.74) is 2.15. The molecule has 3 aromatic carbocycles. The molecule has 6 heteroatoms. The van der Waals surface area contributed by atoms with E-state index in [2.05, 4.69) is 0 Å². The maximum absolute atomic E-state index is 13.5. The molecule has 0 aliphatic rings. The standard InChI is InChI=1S/C21H16ClNO3S/c1-14-7-10-17(11-8-14)27(25,26)23-19-12-9-16(22)13-18(19)21(24)20(23)15-5-3-2-4-6-15/h2-13,24H,1H3. The van der Waals surface area contributed by atoms with Crippen LogP contribution in [0.4, 0.5) is 0 Å². The number of fused-ring (bicyclic) bond motifs is 1. The number of hydrogen-bond acceptors (Lipinski definition) is 3. The summed E-state index contributed by atoms with van der Waals surface area (Å²) in [6.07, 6.45) is 0. The summed E-state index contributed by atoms with van der Waals surface area (Å²) in [6.45, 7) is 1.89. The molecule has 0 saturated heterocycles. The average Bonchev–Trinajstić information content (AvgIpc) is 2.96. The lowest BCUT2D eigenvalue weighted by molar-refractivity contribution is 0.482. The maximum Gasteiger partial charge on any atom is 0.268 e. The van der Waals surface area contributed by atoms with Crippen molar-refractivity contribution in [3.05, 3.63) is 83.4 Å². The Morgan fingerprint density at radius 3 is 2.26 bits per heavy atom. The van der Waals surface area contributed by atoms with Gasteiger partial charge in [-0.25, -0.2) is 12.4 Å². The van der Waals surface area contributed by atoms with Gasteiger partial charge in [0, 0.05) is 16.0 Å². The van der Waals surface area contributed by atoms with E-state index in [1.54, 1.807) is 66.7 Å². The molecule has 0 spiro atoms. The van der Waals surface area contributed by atoms with E-state index in [1.807, 2.05) is 13.0 Å². The molecule has 0 fully saturated rings. The van der Waals surface area contributed by atoms with Crippen LogP contribution >= 0.6 is 11.6 Å². The third kappa shape index (κ3) is 2.89. The molecule has 27 heavy (non-hydrogen) atoms. The van der Waals surface area contributed by atoms with Crippen molar-refractivity contribution in [3.8, 4) is 17.0 Å². The number of benzene rings is 3. The molecular weight excluding hydrogens is 382 g/mol. The minimum absolute atomic E-state index is 0.116. The summed E-state index contributed by atoms with van der Waals surface area (Å²) < 4.78 is 28.1. The number of hydrogen-bond donors (Lipinski definition) is 1. The molecule has 0 aliphatic carbocycles. The van der Waals surface area contributed by atoms with E-state index in [-0.39, 0.29) is 16.3 Å². The number of aromatic nitrogens is 1. The topological polar surface area (TPSA) is 59.3 Å². The van der Waals surface area contributed by atoms with Gasteiger partial charge >= 0.3 is 0 Å². The Bertz CT molecular complexity index is 1240. The molecule has 0 amide bonds. The van der Waals surface area contributed by atoms with Gasteiger partial charge in [-0.05, 0) is 37.3 Å². The second-order valence-electron chi connectivity index (χ2n) is 6.31. The van der Waals surface area contributed by atoms with E-state index < -0.39 is 10.0 Å². The summed E-state index contributed by atoms with van der Waals surface area (Å²) in [4.78, 5) is 0.150. The summed E-state index contributed by atoms with van der Waals surface area (Å²) in [7, 11) is -3.94. The number of aromatic hydroxyl groups is 1. The van der Waals surface area contributed by atoms with Gasteiger partial charge in [0.05, 0.1) is 10.4 Å². The van der Waals surface area contributed by atoms with Crippen molar-refractivity contribution in [3.63, 3.8) is 0 Å². The average molecular weight is 398 g/mol. The molecule has 1 heterocycles. The largest absolute Gasteiger partial charge is 0.505 e. The number of halogens is 1. The third-order valence-electron chi connectivity index (χ3n) is 4.47. The van der Waals surface area contributed by atoms with Crippen molar-refractivity contribution in [2.75, 3.05) is 0 Å². The summed E-state index contributed by atoms with van der Waals surface area (Å²) >= 11 is 6.08. The Hall–Kier alpha value is -2.76. The van der Waals surface area contributed by atoms with E-state index in [1.165, 1.54) is 3.97 Å². The fourth-order valence-electron chi connectivity index (χ4n) is 3.13. The first kappa shape index (κ1) is 17.6. The predicted molar refractivity (Wildman–Crippen MR) is 108 cm³/mol. The van der Waals surface area contributed by atoms with Crippen molar-refractivity contribution in [1.29, 1.82) is 0 Å². The van der Waals surface area contributed by atoms with Crippen LogP contribution in [-0.4, -0.2) is 17.5 Å². The molecule has 4 nitrogen and oxygen atoms in total. The minimum Gasteiger partial charge on any atom is -0.505 e. The van der Waals surface area contributed by atoms with Crippen LogP contribution < -0.4 is 0 Å². The van der Waals surface area contributed by atoms with Gasteiger partial charge in [0.2, 0.25) is 0 Å². The molecule has 136 valence electrons. The van der Waals surface area contributed by atoms with Crippen LogP contribution in [0, 0.1) is 6.92 Å². The van der Waals surface area contributed by atoms with Crippen LogP contribution in [0.1, 0.15) is 5.56 Å². The molecule has 1 aromatic heterocycles. The molecule has 0 radical (unpaired) electrons. The van der Waals surface area contributed by atoms with Crippen molar-refractivity contribution in [2.24, 2.45) is 0 Å². The predicted octanol–water partition coefficient (Wildman–Crippen LogP) is 5.21. The Labute approximate surface area is 162 Å². The Morgan fingerprint density at radius 2 is 1.59 bits per heavy atom. The minimum atomic E-state index is -3.94. The quantitative estimate of drug-likeness (QED) is 0.516.